The molecule has 1 amide bonds. The maximum atomic E-state index is 10.9. The van der Waals surface area contributed by atoms with Gasteiger partial charge in [-0.05, 0) is 13.8 Å². The second kappa shape index (κ2) is 2.25. The van der Waals surface area contributed by atoms with Crippen LogP contribution in [-0.4, -0.2) is 26.3 Å². The van der Waals surface area contributed by atoms with Crippen LogP contribution in [0.1, 0.15) is 25.1 Å². The first kappa shape index (κ1) is 8.10. The molecule has 0 aliphatic carbocycles. The molecule has 1 aliphatic heterocycles. The highest BCUT2D eigenvalue weighted by Crippen LogP contribution is 2.36. The highest BCUT2D eigenvalue weighted by Gasteiger charge is 2.41. The molecule has 1 aromatic rings. The van der Waals surface area contributed by atoms with Gasteiger partial charge in [0.25, 0.3) is 0 Å². The molecule has 1 aromatic heterocycles. The zero-order chi connectivity index (χ0) is 9.64. The summed E-state index contributed by atoms with van der Waals surface area (Å²) in [6, 6.07) is 0. The average molecular weight is 181 g/mol. The lowest BCUT2D eigenvalue weighted by Gasteiger charge is -2.28. The van der Waals surface area contributed by atoms with E-state index in [0.717, 1.165) is 11.3 Å². The van der Waals surface area contributed by atoms with Crippen molar-refractivity contribution in [3.05, 3.63) is 17.5 Å². The smallest absolute Gasteiger partial charge is 0.408 e. The number of rotatable bonds is 0. The molecule has 0 spiro atoms. The summed E-state index contributed by atoms with van der Waals surface area (Å²) in [5, 5.41) is 15.7. The fourth-order valence-corrected chi connectivity index (χ4v) is 1.77. The molecular weight excluding hydrogens is 170 g/mol. The molecule has 0 saturated heterocycles. The maximum Gasteiger partial charge on any atom is 0.408 e. The Morgan fingerprint density at radius 3 is 3.00 bits per heavy atom. The molecule has 5 nitrogen and oxygen atoms in total. The van der Waals surface area contributed by atoms with Gasteiger partial charge in [-0.2, -0.15) is 5.10 Å². The first-order valence-electron chi connectivity index (χ1n) is 4.07. The number of hydrogen-bond donors (Lipinski definition) is 2. The van der Waals surface area contributed by atoms with Crippen LogP contribution in [0.2, 0.25) is 0 Å². The van der Waals surface area contributed by atoms with Crippen molar-refractivity contribution in [2.45, 2.75) is 25.9 Å². The maximum absolute atomic E-state index is 10.9. The molecule has 0 saturated carbocycles. The Balaban J connectivity index is 2.45. The molecule has 2 rings (SSSR count). The number of H-pyrrole nitrogens is 1. The lowest BCUT2D eigenvalue weighted by molar-refractivity contribution is 0.0977. The summed E-state index contributed by atoms with van der Waals surface area (Å²) in [6.45, 7) is 4.16. The van der Waals surface area contributed by atoms with Crippen molar-refractivity contribution in [3.8, 4) is 0 Å². The molecule has 1 aliphatic rings. The largest absolute Gasteiger partial charge is 0.465 e. The molecule has 0 radical (unpaired) electrons. The normalized spacial score (nSPS) is 18.8. The predicted molar refractivity (Wildman–Crippen MR) is 45.2 cm³/mol. The third kappa shape index (κ3) is 0.929. The summed E-state index contributed by atoms with van der Waals surface area (Å²) in [5.74, 6) is 0. The molecule has 70 valence electrons. The number of amides is 1. The lowest BCUT2D eigenvalue weighted by Crippen LogP contribution is -2.39. The van der Waals surface area contributed by atoms with Gasteiger partial charge >= 0.3 is 6.09 Å². The second-order valence-electron chi connectivity index (χ2n) is 3.70. The number of carboxylic acid groups (broad SMARTS) is 1. The van der Waals surface area contributed by atoms with Gasteiger partial charge in [0.05, 0.1) is 24.0 Å². The molecule has 0 aromatic carbocycles. The molecule has 5 heteroatoms. The minimum atomic E-state index is -0.894. The van der Waals surface area contributed by atoms with Crippen LogP contribution in [0.25, 0.3) is 0 Å². The van der Waals surface area contributed by atoms with Crippen molar-refractivity contribution in [1.29, 1.82) is 0 Å². The minimum Gasteiger partial charge on any atom is -0.465 e. The first-order chi connectivity index (χ1) is 6.03. The SMILES string of the molecule is CC1(C)c2[nH]ncc2CN1C(=O)O. The van der Waals surface area contributed by atoms with Crippen molar-refractivity contribution in [2.75, 3.05) is 0 Å². The van der Waals surface area contributed by atoms with Gasteiger partial charge in [0.15, 0.2) is 0 Å². The van der Waals surface area contributed by atoms with E-state index in [2.05, 4.69) is 10.2 Å². The van der Waals surface area contributed by atoms with Crippen LogP contribution in [0.4, 0.5) is 4.79 Å². The van der Waals surface area contributed by atoms with Crippen LogP contribution in [0.3, 0.4) is 0 Å². The number of aromatic nitrogens is 2. The molecule has 2 heterocycles. The Bertz CT molecular complexity index is 356. The van der Waals surface area contributed by atoms with E-state index in [-0.39, 0.29) is 0 Å². The lowest BCUT2D eigenvalue weighted by atomic mass is 10.0. The van der Waals surface area contributed by atoms with E-state index >= 15 is 0 Å². The standard InChI is InChI=1S/C8H11N3O2/c1-8(2)6-5(3-9-10-6)4-11(8)7(12)13/h3H,4H2,1-2H3,(H,9,10)(H,12,13). The van der Waals surface area contributed by atoms with Crippen molar-refractivity contribution in [1.82, 2.24) is 15.1 Å². The number of fused-ring (bicyclic) bond motifs is 1. The van der Waals surface area contributed by atoms with Crippen molar-refractivity contribution in [2.24, 2.45) is 0 Å². The third-order valence-electron chi connectivity index (χ3n) is 2.56. The van der Waals surface area contributed by atoms with Gasteiger partial charge in [0, 0.05) is 5.56 Å². The molecule has 0 atom stereocenters. The van der Waals surface area contributed by atoms with Gasteiger partial charge in [-0.15, -0.1) is 0 Å². The predicted octanol–water partition coefficient (Wildman–Crippen LogP) is 1.14. The van der Waals surface area contributed by atoms with Crippen LogP contribution in [0.5, 0.6) is 0 Å². The number of hydrogen-bond acceptors (Lipinski definition) is 2. The highest BCUT2D eigenvalue weighted by atomic mass is 16.4. The van der Waals surface area contributed by atoms with Crippen LogP contribution < -0.4 is 0 Å². The first-order valence-corrected chi connectivity index (χ1v) is 4.07. The second-order valence-corrected chi connectivity index (χ2v) is 3.70. The Morgan fingerprint density at radius 2 is 2.46 bits per heavy atom. The van der Waals surface area contributed by atoms with Gasteiger partial charge in [0.1, 0.15) is 0 Å². The van der Waals surface area contributed by atoms with Gasteiger partial charge < -0.3 is 5.11 Å². The Kier molecular flexibility index (Phi) is 1.40. The van der Waals surface area contributed by atoms with Crippen LogP contribution >= 0.6 is 0 Å². The van der Waals surface area contributed by atoms with E-state index in [1.54, 1.807) is 6.20 Å². The average Bonchev–Trinajstić information content (AvgIpc) is 2.52. The summed E-state index contributed by atoms with van der Waals surface area (Å²) in [6.07, 6.45) is 0.787. The summed E-state index contributed by atoms with van der Waals surface area (Å²) in [4.78, 5) is 12.3. The van der Waals surface area contributed by atoms with E-state index in [0.29, 0.717) is 6.54 Å². The van der Waals surface area contributed by atoms with Crippen LogP contribution in [0.15, 0.2) is 6.20 Å². The zero-order valence-electron chi connectivity index (χ0n) is 7.53. The van der Waals surface area contributed by atoms with Gasteiger partial charge in [-0.25, -0.2) is 4.79 Å². The summed E-state index contributed by atoms with van der Waals surface area (Å²) in [5.41, 5.74) is 1.37. The van der Waals surface area contributed by atoms with E-state index in [4.69, 9.17) is 5.11 Å². The van der Waals surface area contributed by atoms with Gasteiger partial charge in [0.2, 0.25) is 0 Å². The van der Waals surface area contributed by atoms with Crippen molar-refractivity contribution in [3.63, 3.8) is 0 Å². The number of carbonyl (C=O) groups is 1. The summed E-state index contributed by atoms with van der Waals surface area (Å²) < 4.78 is 0. The van der Waals surface area contributed by atoms with Crippen LogP contribution in [-0.2, 0) is 12.1 Å². The van der Waals surface area contributed by atoms with Crippen molar-refractivity contribution >= 4 is 6.09 Å². The summed E-state index contributed by atoms with van der Waals surface area (Å²) >= 11 is 0. The zero-order valence-corrected chi connectivity index (χ0v) is 7.53. The highest BCUT2D eigenvalue weighted by molar-refractivity contribution is 5.68. The molecule has 0 unspecified atom stereocenters. The topological polar surface area (TPSA) is 69.2 Å². The number of nitrogens with one attached hydrogen (secondary N) is 1. The van der Waals surface area contributed by atoms with E-state index < -0.39 is 11.6 Å². The van der Waals surface area contributed by atoms with Crippen LogP contribution in [0, 0.1) is 0 Å². The fourth-order valence-electron chi connectivity index (χ4n) is 1.77. The number of aromatic amines is 1. The summed E-state index contributed by atoms with van der Waals surface area (Å²) in [7, 11) is 0. The van der Waals surface area contributed by atoms with E-state index in [1.807, 2.05) is 13.8 Å². The molecular formula is C8H11N3O2. The third-order valence-corrected chi connectivity index (χ3v) is 2.56. The van der Waals surface area contributed by atoms with E-state index in [9.17, 15) is 4.79 Å². The molecule has 2 N–H and O–H groups in total. The van der Waals surface area contributed by atoms with Crippen molar-refractivity contribution < 1.29 is 9.90 Å². The number of nitrogens with zero attached hydrogens (tertiary/aromatic N) is 2. The molecule has 0 fully saturated rings. The van der Waals surface area contributed by atoms with Gasteiger partial charge in [-0.3, -0.25) is 10.00 Å². The molecule has 13 heavy (non-hydrogen) atoms. The fraction of sp³-hybridized carbons (Fsp3) is 0.500. The quantitative estimate of drug-likeness (QED) is 0.630. The van der Waals surface area contributed by atoms with Gasteiger partial charge in [-0.1, -0.05) is 0 Å². The Hall–Kier alpha value is -1.52. The Morgan fingerprint density at radius 1 is 1.77 bits per heavy atom. The Labute approximate surface area is 75.4 Å². The van der Waals surface area contributed by atoms with E-state index in [1.165, 1.54) is 4.90 Å². The minimum absolute atomic E-state index is 0.425. The monoisotopic (exact) mass is 181 g/mol. The molecule has 0 bridgehead atoms.